The largest absolute Gasteiger partial charge is 0.367 e. The molecule has 0 saturated carbocycles. The van der Waals surface area contributed by atoms with Gasteiger partial charge in [-0.1, -0.05) is 25.4 Å². The van der Waals surface area contributed by atoms with Gasteiger partial charge in [0.25, 0.3) is 5.91 Å². The van der Waals surface area contributed by atoms with Crippen LogP contribution < -0.4 is 11.1 Å². The summed E-state index contributed by atoms with van der Waals surface area (Å²) in [5, 5.41) is 3.29. The first kappa shape index (κ1) is 19.2. The molecule has 3 N–H and O–H groups in total. The van der Waals surface area contributed by atoms with Crippen molar-refractivity contribution >= 4 is 29.3 Å². The van der Waals surface area contributed by atoms with Gasteiger partial charge in [-0.3, -0.25) is 14.4 Å². The van der Waals surface area contributed by atoms with Crippen molar-refractivity contribution in [2.75, 3.05) is 19.7 Å². The summed E-state index contributed by atoms with van der Waals surface area (Å²) >= 11 is 5.82. The van der Waals surface area contributed by atoms with E-state index >= 15 is 0 Å². The van der Waals surface area contributed by atoms with Crippen molar-refractivity contribution in [3.63, 3.8) is 0 Å². The fraction of sp³-hybridized carbons (Fsp3) is 0.471. The van der Waals surface area contributed by atoms with Gasteiger partial charge in [-0.05, 0) is 30.2 Å². The van der Waals surface area contributed by atoms with E-state index in [1.807, 2.05) is 13.8 Å². The monoisotopic (exact) mass is 367 g/mol. The Labute approximate surface area is 151 Å². The van der Waals surface area contributed by atoms with Crippen molar-refractivity contribution in [3.05, 3.63) is 34.9 Å². The molecule has 0 aliphatic carbocycles. The molecule has 0 aromatic heterocycles. The second-order valence-corrected chi connectivity index (χ2v) is 6.68. The lowest BCUT2D eigenvalue weighted by molar-refractivity contribution is -0.147. The van der Waals surface area contributed by atoms with Gasteiger partial charge in [0.05, 0.1) is 13.2 Å². The number of nitrogens with one attached hydrogen (secondary N) is 1. The minimum absolute atomic E-state index is 0.0915. The van der Waals surface area contributed by atoms with Crippen LogP contribution in [0.4, 0.5) is 0 Å². The molecule has 3 amide bonds. The summed E-state index contributed by atoms with van der Waals surface area (Å²) in [5.41, 5.74) is 5.67. The highest BCUT2D eigenvalue weighted by atomic mass is 35.5. The minimum Gasteiger partial charge on any atom is -0.367 e. The molecule has 1 saturated heterocycles. The van der Waals surface area contributed by atoms with E-state index in [1.54, 1.807) is 24.3 Å². The van der Waals surface area contributed by atoms with Gasteiger partial charge in [0.1, 0.15) is 6.04 Å². The van der Waals surface area contributed by atoms with Crippen molar-refractivity contribution < 1.29 is 19.1 Å². The number of rotatable bonds is 5. The predicted molar refractivity (Wildman–Crippen MR) is 93.1 cm³/mol. The Morgan fingerprint density at radius 2 is 1.92 bits per heavy atom. The number of nitrogens with zero attached hydrogens (tertiary/aromatic N) is 1. The Kier molecular flexibility index (Phi) is 6.39. The van der Waals surface area contributed by atoms with E-state index in [1.165, 1.54) is 4.90 Å². The highest BCUT2D eigenvalue weighted by Crippen LogP contribution is 2.14. The fourth-order valence-corrected chi connectivity index (χ4v) is 2.68. The van der Waals surface area contributed by atoms with E-state index in [-0.39, 0.29) is 30.9 Å². The number of amides is 3. The first-order valence-corrected chi connectivity index (χ1v) is 8.43. The lowest BCUT2D eigenvalue weighted by atomic mass is 10.0. The van der Waals surface area contributed by atoms with Gasteiger partial charge in [0, 0.05) is 17.1 Å². The summed E-state index contributed by atoms with van der Waals surface area (Å²) in [4.78, 5) is 38.0. The molecular formula is C17H22ClN3O4. The third kappa shape index (κ3) is 4.93. The number of morpholine rings is 1. The van der Waals surface area contributed by atoms with Crippen LogP contribution in [-0.4, -0.2) is 54.5 Å². The Bertz CT molecular complexity index is 648. The van der Waals surface area contributed by atoms with E-state index in [4.69, 9.17) is 22.1 Å². The van der Waals surface area contributed by atoms with Crippen molar-refractivity contribution in [1.29, 1.82) is 0 Å². The number of carbonyl (C=O) groups excluding carboxylic acids is 3. The quantitative estimate of drug-likeness (QED) is 0.803. The summed E-state index contributed by atoms with van der Waals surface area (Å²) < 4.78 is 5.25. The maximum Gasteiger partial charge on any atom is 0.251 e. The molecule has 1 aromatic carbocycles. The second-order valence-electron chi connectivity index (χ2n) is 6.25. The number of ether oxygens (including phenoxy) is 1. The van der Waals surface area contributed by atoms with Crippen LogP contribution in [-0.2, 0) is 14.3 Å². The summed E-state index contributed by atoms with van der Waals surface area (Å²) in [6.45, 7) is 4.36. The Balaban J connectivity index is 2.08. The van der Waals surface area contributed by atoms with Crippen LogP contribution in [0.15, 0.2) is 24.3 Å². The molecule has 1 aliphatic heterocycles. The van der Waals surface area contributed by atoms with E-state index in [0.29, 0.717) is 17.1 Å². The molecule has 1 aliphatic rings. The molecule has 1 heterocycles. The van der Waals surface area contributed by atoms with Gasteiger partial charge < -0.3 is 20.7 Å². The molecule has 1 fully saturated rings. The molecule has 1 aromatic rings. The number of halogens is 1. The summed E-state index contributed by atoms with van der Waals surface area (Å²) in [7, 11) is 0. The average molecular weight is 368 g/mol. The summed E-state index contributed by atoms with van der Waals surface area (Å²) in [6.07, 6.45) is -0.822. The standard InChI is InChI=1S/C17H22ClN3O4/c1-10(2)14(20-16(23)11-3-5-12(18)6-4-11)17(24)21-7-8-25-13(9-21)15(19)22/h3-6,10,13-14H,7-9H2,1-2H3,(H2,19,22)(H,20,23). The van der Waals surface area contributed by atoms with Gasteiger partial charge in [0.2, 0.25) is 11.8 Å². The van der Waals surface area contributed by atoms with Crippen molar-refractivity contribution in [1.82, 2.24) is 10.2 Å². The molecule has 0 radical (unpaired) electrons. The molecular weight excluding hydrogens is 346 g/mol. The highest BCUT2D eigenvalue weighted by Gasteiger charge is 2.33. The zero-order valence-electron chi connectivity index (χ0n) is 14.2. The molecule has 136 valence electrons. The number of primary amides is 1. The highest BCUT2D eigenvalue weighted by molar-refractivity contribution is 6.30. The predicted octanol–water partition coefficient (Wildman–Crippen LogP) is 0.807. The molecule has 2 atom stereocenters. The Morgan fingerprint density at radius 3 is 2.48 bits per heavy atom. The molecule has 2 unspecified atom stereocenters. The van der Waals surface area contributed by atoms with Gasteiger partial charge in [0.15, 0.2) is 6.10 Å². The fourth-order valence-electron chi connectivity index (χ4n) is 2.56. The number of benzene rings is 1. The number of carbonyl (C=O) groups is 3. The molecule has 8 heteroatoms. The van der Waals surface area contributed by atoms with Crippen molar-refractivity contribution in [2.24, 2.45) is 11.7 Å². The van der Waals surface area contributed by atoms with Crippen LogP contribution in [0.3, 0.4) is 0 Å². The summed E-state index contributed by atoms with van der Waals surface area (Å²) in [5.74, 6) is -1.35. The van der Waals surface area contributed by atoms with E-state index in [9.17, 15) is 14.4 Å². The lowest BCUT2D eigenvalue weighted by Gasteiger charge is -2.35. The van der Waals surface area contributed by atoms with Crippen LogP contribution in [0.25, 0.3) is 0 Å². The van der Waals surface area contributed by atoms with Crippen molar-refractivity contribution in [3.8, 4) is 0 Å². The minimum atomic E-state index is -0.822. The molecule has 7 nitrogen and oxygen atoms in total. The topological polar surface area (TPSA) is 102 Å². The molecule has 25 heavy (non-hydrogen) atoms. The van der Waals surface area contributed by atoms with Gasteiger partial charge in [-0.15, -0.1) is 0 Å². The van der Waals surface area contributed by atoms with Crippen molar-refractivity contribution in [2.45, 2.75) is 26.0 Å². The Hall–Kier alpha value is -2.12. The average Bonchev–Trinajstić information content (AvgIpc) is 2.59. The van der Waals surface area contributed by atoms with Crippen LogP contribution in [0.2, 0.25) is 5.02 Å². The molecule has 0 spiro atoms. The van der Waals surface area contributed by atoms with Crippen LogP contribution in [0.5, 0.6) is 0 Å². The first-order valence-electron chi connectivity index (χ1n) is 8.05. The van der Waals surface area contributed by atoms with Crippen LogP contribution in [0, 0.1) is 5.92 Å². The third-order valence-electron chi connectivity index (χ3n) is 4.02. The third-order valence-corrected chi connectivity index (χ3v) is 4.27. The van der Waals surface area contributed by atoms with E-state index in [2.05, 4.69) is 5.32 Å². The maximum absolute atomic E-state index is 12.8. The van der Waals surface area contributed by atoms with E-state index in [0.717, 1.165) is 0 Å². The Morgan fingerprint density at radius 1 is 1.28 bits per heavy atom. The zero-order valence-corrected chi connectivity index (χ0v) is 15.0. The number of nitrogens with two attached hydrogens (primary N) is 1. The normalized spacial score (nSPS) is 18.7. The lowest BCUT2D eigenvalue weighted by Crippen LogP contribution is -2.57. The second kappa shape index (κ2) is 8.31. The SMILES string of the molecule is CC(C)C(NC(=O)c1ccc(Cl)cc1)C(=O)N1CCOC(C(N)=O)C1. The van der Waals surface area contributed by atoms with Gasteiger partial charge >= 0.3 is 0 Å². The maximum atomic E-state index is 12.8. The number of hydrogen-bond acceptors (Lipinski definition) is 4. The molecule has 0 bridgehead atoms. The van der Waals surface area contributed by atoms with Gasteiger partial charge in [-0.25, -0.2) is 0 Å². The summed E-state index contributed by atoms with van der Waals surface area (Å²) in [6, 6.07) is 5.70. The van der Waals surface area contributed by atoms with Crippen LogP contribution in [0.1, 0.15) is 24.2 Å². The smallest absolute Gasteiger partial charge is 0.251 e. The van der Waals surface area contributed by atoms with E-state index < -0.39 is 18.1 Å². The number of hydrogen-bond donors (Lipinski definition) is 2. The molecule has 2 rings (SSSR count). The van der Waals surface area contributed by atoms with Gasteiger partial charge in [-0.2, -0.15) is 0 Å². The zero-order chi connectivity index (χ0) is 18.6. The van der Waals surface area contributed by atoms with Crippen LogP contribution >= 0.6 is 11.6 Å². The first-order chi connectivity index (χ1) is 11.8.